The van der Waals surface area contributed by atoms with E-state index in [4.69, 9.17) is 22.3 Å². The molecule has 0 fully saturated rings. The predicted molar refractivity (Wildman–Crippen MR) is 122 cm³/mol. The van der Waals surface area contributed by atoms with Gasteiger partial charge in [-0.05, 0) is 107 Å². The van der Waals surface area contributed by atoms with E-state index in [1.165, 1.54) is 0 Å². The largest absolute Gasteiger partial charge is 1.00 e. The van der Waals surface area contributed by atoms with Gasteiger partial charge < -0.3 is 28.3 Å². The second-order valence-electron chi connectivity index (χ2n) is 4.91. The third kappa shape index (κ3) is 28.4. The fourth-order valence-corrected chi connectivity index (χ4v) is 1.64. The molecule has 170 valence electrons. The summed E-state index contributed by atoms with van der Waals surface area (Å²) in [5.41, 5.74) is 0. The van der Waals surface area contributed by atoms with Gasteiger partial charge in [-0.2, -0.15) is 0 Å². The molecule has 0 heterocycles. The van der Waals surface area contributed by atoms with Crippen molar-refractivity contribution in [1.29, 1.82) is 0 Å². The first kappa shape index (κ1) is 38.7. The van der Waals surface area contributed by atoms with Crippen LogP contribution < -0.4 is 68.9 Å². The number of ether oxygens (including phenoxy) is 2. The van der Waals surface area contributed by atoms with Crippen LogP contribution in [0.15, 0.2) is 0 Å². The second kappa shape index (κ2) is 26.3. The average molecular weight is 536 g/mol. The molecular weight excluding hydrogens is 529 g/mol. The Kier molecular flexibility index (Phi) is 26.8. The van der Waals surface area contributed by atoms with Crippen molar-refractivity contribution in [1.82, 2.24) is 0 Å². The van der Waals surface area contributed by atoms with Gasteiger partial charge in [0.2, 0.25) is 0 Å². The maximum atomic E-state index is 11.7. The molecule has 0 aliphatic rings. The van der Waals surface area contributed by atoms with Crippen LogP contribution in [0.25, 0.3) is 0 Å². The zero-order valence-electron chi connectivity index (χ0n) is 19.9. The summed E-state index contributed by atoms with van der Waals surface area (Å²) in [7, 11) is -5.40. The Morgan fingerprint density at radius 1 is 0.632 bits per heavy atom. The molecule has 0 aliphatic heterocycles. The van der Waals surface area contributed by atoms with Crippen molar-refractivity contribution < 1.29 is 97.1 Å². The van der Waals surface area contributed by atoms with Crippen molar-refractivity contribution in [3.63, 3.8) is 0 Å². The van der Waals surface area contributed by atoms with E-state index in [0.717, 1.165) is 0 Å². The molecule has 0 aromatic carbocycles. The molecule has 0 aromatic heterocycles. The van der Waals surface area contributed by atoms with Crippen molar-refractivity contribution >= 4 is 19.8 Å². The second-order valence-corrected chi connectivity index (χ2v) is 6.06. The summed E-state index contributed by atoms with van der Waals surface area (Å²) in [5.74, 6) is 42.0. The Morgan fingerprint density at radius 2 is 1.00 bits per heavy atom. The SMILES string of the molecule is C#CC#CC#CC#CC#CC#CC#CC(=O)OC[C@H](COP(=O)([O-])[O-])OC(=O)C#CC#CC#CC#C.[Na+].[Na+]. The van der Waals surface area contributed by atoms with E-state index in [1.54, 1.807) is 0 Å². The third-order valence-electron chi connectivity index (χ3n) is 2.44. The van der Waals surface area contributed by atoms with Gasteiger partial charge in [0.1, 0.15) is 6.61 Å². The third-order valence-corrected chi connectivity index (χ3v) is 2.91. The Bertz CT molecular complexity index is 1590. The first-order valence-corrected chi connectivity index (χ1v) is 10.2. The van der Waals surface area contributed by atoms with Crippen molar-refractivity contribution in [2.24, 2.45) is 0 Å². The van der Waals surface area contributed by atoms with Crippen molar-refractivity contribution in [3.8, 4) is 131 Å². The van der Waals surface area contributed by atoms with Crippen LogP contribution in [0.2, 0.25) is 0 Å². The maximum Gasteiger partial charge on any atom is 1.00 e. The molecule has 8 nitrogen and oxygen atoms in total. The molecule has 0 saturated heterocycles. The molecule has 0 unspecified atom stereocenters. The molecular formula is C27H7Na2O8P. The van der Waals surface area contributed by atoms with Gasteiger partial charge in [0.15, 0.2) is 6.10 Å². The van der Waals surface area contributed by atoms with Crippen molar-refractivity contribution in [2.45, 2.75) is 6.10 Å². The maximum absolute atomic E-state index is 11.7. The number of terminal acetylenes is 2. The number of esters is 2. The van der Waals surface area contributed by atoms with Crippen LogP contribution in [0.1, 0.15) is 0 Å². The zero-order valence-corrected chi connectivity index (χ0v) is 24.8. The quantitative estimate of drug-likeness (QED) is 0.108. The molecule has 0 rings (SSSR count). The predicted octanol–water partition coefficient (Wildman–Crippen LogP) is -8.41. The van der Waals surface area contributed by atoms with Crippen LogP contribution in [0.4, 0.5) is 0 Å². The number of phosphoric ester groups is 1. The first-order valence-electron chi connectivity index (χ1n) is 8.75. The Labute approximate surface area is 265 Å². The van der Waals surface area contributed by atoms with E-state index in [-0.39, 0.29) is 59.1 Å². The number of hydrogen-bond acceptors (Lipinski definition) is 8. The molecule has 0 bridgehead atoms. The van der Waals surface area contributed by atoms with Gasteiger partial charge in [-0.3, -0.25) is 0 Å². The van der Waals surface area contributed by atoms with E-state index in [9.17, 15) is 23.9 Å². The standard InChI is InChI=1S/C27H9O8P.2Na/c1-3-5-7-9-11-12-13-14-15-16-18-19-21-26(28)33-23-25(24-34-36(30,31)32)35-27(29)22-20-17-10-8-6-4-2;;/h1-2,25H,23-24H2,(H2,30,31,32);;/q;2*+1/p-2/t25-;;/m1../s1. The fourth-order valence-electron chi connectivity index (χ4n) is 1.29. The van der Waals surface area contributed by atoms with Gasteiger partial charge >= 0.3 is 71.1 Å². The summed E-state index contributed by atoms with van der Waals surface area (Å²) in [6, 6.07) is 0. The van der Waals surface area contributed by atoms with E-state index in [2.05, 4.69) is 105 Å². The van der Waals surface area contributed by atoms with Crippen LogP contribution in [-0.2, 0) is 28.2 Å². The molecule has 0 saturated carbocycles. The summed E-state index contributed by atoms with van der Waals surface area (Å²) in [5, 5.41) is 0. The van der Waals surface area contributed by atoms with E-state index in [0.29, 0.717) is 0 Å². The molecule has 1 atom stereocenters. The smallest absolute Gasteiger partial charge is 0.790 e. The summed E-state index contributed by atoms with van der Waals surface area (Å²) in [4.78, 5) is 44.6. The molecule has 38 heavy (non-hydrogen) atoms. The van der Waals surface area contributed by atoms with E-state index >= 15 is 0 Å². The van der Waals surface area contributed by atoms with Gasteiger partial charge in [0.05, 0.1) is 14.4 Å². The van der Waals surface area contributed by atoms with Crippen molar-refractivity contribution in [3.05, 3.63) is 0 Å². The molecule has 0 aliphatic carbocycles. The number of hydrogen-bond donors (Lipinski definition) is 0. The van der Waals surface area contributed by atoms with Crippen LogP contribution in [0.3, 0.4) is 0 Å². The summed E-state index contributed by atoms with van der Waals surface area (Å²) in [6.45, 7) is -1.65. The number of phosphoric acid groups is 1. The topological polar surface area (TPSA) is 125 Å². The average Bonchev–Trinajstić information content (AvgIpc) is 2.83. The van der Waals surface area contributed by atoms with E-state index < -0.39 is 39.1 Å². The van der Waals surface area contributed by atoms with E-state index in [1.807, 2.05) is 17.8 Å². The minimum atomic E-state index is -5.40. The van der Waals surface area contributed by atoms with Crippen LogP contribution in [-0.4, -0.2) is 31.3 Å². The first-order chi connectivity index (χ1) is 17.3. The molecule has 0 spiro atoms. The van der Waals surface area contributed by atoms with Gasteiger partial charge in [-0.1, -0.05) is 0 Å². The zero-order chi connectivity index (χ0) is 26.9. The minimum Gasteiger partial charge on any atom is -0.790 e. The van der Waals surface area contributed by atoms with Crippen LogP contribution >= 0.6 is 7.82 Å². The van der Waals surface area contributed by atoms with Gasteiger partial charge in [0.25, 0.3) is 0 Å². The normalized spacial score (nSPS) is 7.47. The molecule has 0 aromatic rings. The summed E-state index contributed by atoms with van der Waals surface area (Å²) < 4.78 is 24.1. The Hall–Kier alpha value is -3.79. The van der Waals surface area contributed by atoms with Gasteiger partial charge in [-0.25, -0.2) is 9.59 Å². The van der Waals surface area contributed by atoms with Crippen LogP contribution in [0.5, 0.6) is 0 Å². The number of carbonyl (C=O) groups is 2. The Morgan fingerprint density at radius 3 is 1.39 bits per heavy atom. The minimum absolute atomic E-state index is 0. The summed E-state index contributed by atoms with van der Waals surface area (Å²) in [6.07, 6.45) is 8.28. The van der Waals surface area contributed by atoms with Gasteiger partial charge in [-0.15, -0.1) is 12.8 Å². The fraction of sp³-hybridized carbons (Fsp3) is 0.111. The molecule has 0 radical (unpaired) electrons. The summed E-state index contributed by atoms with van der Waals surface area (Å²) >= 11 is 0. The molecule has 11 heteroatoms. The van der Waals surface area contributed by atoms with Crippen molar-refractivity contribution in [2.75, 3.05) is 13.2 Å². The molecule has 0 N–H and O–H groups in total. The number of carbonyl (C=O) groups excluding carboxylic acids is 2. The number of rotatable bonds is 6. The monoisotopic (exact) mass is 536 g/mol. The van der Waals surface area contributed by atoms with Crippen LogP contribution in [0, 0.1) is 131 Å². The Balaban J connectivity index is -0.00000612. The molecule has 0 amide bonds. The van der Waals surface area contributed by atoms with Gasteiger partial charge in [0, 0.05) is 11.8 Å².